The van der Waals surface area contributed by atoms with Crippen LogP contribution in [0.4, 0.5) is 0 Å². The molecule has 0 unspecified atom stereocenters. The molecule has 296 valence electrons. The van der Waals surface area contributed by atoms with Crippen molar-refractivity contribution in [3.63, 3.8) is 0 Å². The van der Waals surface area contributed by atoms with E-state index in [1.807, 2.05) is 12.1 Å². The molecule has 4 aliphatic carbocycles. The summed E-state index contributed by atoms with van der Waals surface area (Å²) in [6, 6.07) is 63.3. The molecule has 4 aromatic heterocycles. The van der Waals surface area contributed by atoms with Crippen LogP contribution in [0, 0.1) is 11.8 Å². The van der Waals surface area contributed by atoms with Gasteiger partial charge in [-0.25, -0.2) is 0 Å². The van der Waals surface area contributed by atoms with Gasteiger partial charge in [0.15, 0.2) is 0 Å². The Hall–Kier alpha value is -7.04. The van der Waals surface area contributed by atoms with Crippen molar-refractivity contribution in [1.29, 1.82) is 0 Å². The van der Waals surface area contributed by atoms with E-state index in [9.17, 15) is 0 Å². The molecule has 0 N–H and O–H groups in total. The lowest BCUT2D eigenvalue weighted by atomic mass is 9.41. The summed E-state index contributed by atoms with van der Waals surface area (Å²) in [5.41, 5.74) is 14.5. The van der Waals surface area contributed by atoms with E-state index >= 15 is 0 Å². The third kappa shape index (κ3) is 4.46. The van der Waals surface area contributed by atoms with Crippen LogP contribution >= 0.6 is 0 Å². The Morgan fingerprint density at radius 3 is 1.24 bits per heavy atom. The Morgan fingerprint density at radius 1 is 0.355 bits per heavy atom. The molecule has 4 heteroatoms. The van der Waals surface area contributed by atoms with Gasteiger partial charge in [0.1, 0.15) is 22.3 Å². The maximum absolute atomic E-state index is 6.24. The zero-order chi connectivity index (χ0) is 40.3. The van der Waals surface area contributed by atoms with Crippen molar-refractivity contribution >= 4 is 87.5 Å². The van der Waals surface area contributed by atoms with Gasteiger partial charge in [0.2, 0.25) is 0 Å². The van der Waals surface area contributed by atoms with E-state index in [1.165, 1.54) is 93.5 Å². The number of furan rings is 2. The second-order valence-electron chi connectivity index (χ2n) is 19.2. The van der Waals surface area contributed by atoms with Gasteiger partial charge in [-0.15, -0.1) is 0 Å². The summed E-state index contributed by atoms with van der Waals surface area (Å²) in [6.45, 7) is 0. The lowest BCUT2D eigenvalue weighted by molar-refractivity contribution is -0.0280. The minimum Gasteiger partial charge on any atom is -0.456 e. The van der Waals surface area contributed by atoms with Gasteiger partial charge in [0.25, 0.3) is 0 Å². The van der Waals surface area contributed by atoms with Gasteiger partial charge in [0.05, 0.1) is 22.1 Å². The molecule has 4 nitrogen and oxygen atoms in total. The van der Waals surface area contributed by atoms with Crippen LogP contribution in [0.3, 0.4) is 0 Å². The first-order chi connectivity index (χ1) is 30.6. The molecule has 0 spiro atoms. The van der Waals surface area contributed by atoms with E-state index in [0.717, 1.165) is 55.7 Å². The van der Waals surface area contributed by atoms with Gasteiger partial charge in [-0.05, 0) is 157 Å². The summed E-state index contributed by atoms with van der Waals surface area (Å²) in [7, 11) is 0. The molecule has 0 radical (unpaired) electrons. The van der Waals surface area contributed by atoms with Crippen LogP contribution in [-0.2, 0) is 10.8 Å². The fourth-order valence-electron chi connectivity index (χ4n) is 13.8. The highest BCUT2D eigenvalue weighted by Gasteiger charge is 2.58. The standard InChI is InChI=1S/C58H42N2O2/c1-5-13-49-41(9-1)45-26-37(17-21-51(45)59(49)39-19-23-55-47(28-39)43-11-3-7-15-53(43)61-55)57-30-35-25-36(31-57)33-58(32-35,34-57)38-18-22-52-46(27-38)42-10-2-6-14-50(42)60(52)40-20-24-56-48(29-40)44-12-4-8-16-54(44)62-56/h1-24,26-29,35-36H,25,30-34H2. The van der Waals surface area contributed by atoms with Crippen LogP contribution in [-0.4, -0.2) is 9.13 Å². The highest BCUT2D eigenvalue weighted by Crippen LogP contribution is 2.66. The molecule has 4 bridgehead atoms. The molecule has 8 aromatic carbocycles. The number of aromatic nitrogens is 2. The number of fused-ring (bicyclic) bond motifs is 12. The van der Waals surface area contributed by atoms with Gasteiger partial charge in [0, 0.05) is 54.5 Å². The van der Waals surface area contributed by atoms with Crippen LogP contribution in [0.1, 0.15) is 49.7 Å². The van der Waals surface area contributed by atoms with Crippen molar-refractivity contribution in [2.24, 2.45) is 11.8 Å². The monoisotopic (exact) mass is 798 g/mol. The minimum atomic E-state index is 0.168. The lowest BCUT2D eigenvalue weighted by Crippen LogP contribution is -2.55. The average molecular weight is 799 g/mol. The fourth-order valence-corrected chi connectivity index (χ4v) is 13.8. The zero-order valence-corrected chi connectivity index (χ0v) is 34.3. The third-order valence-electron chi connectivity index (χ3n) is 15.9. The maximum atomic E-state index is 6.24. The average Bonchev–Trinajstić information content (AvgIpc) is 4.05. The zero-order valence-electron chi connectivity index (χ0n) is 34.3. The first-order valence-corrected chi connectivity index (χ1v) is 22.5. The first kappa shape index (κ1) is 33.7. The quantitative estimate of drug-likeness (QED) is 0.178. The van der Waals surface area contributed by atoms with Crippen LogP contribution in [0.25, 0.3) is 98.9 Å². The van der Waals surface area contributed by atoms with E-state index in [1.54, 1.807) is 11.1 Å². The fraction of sp³-hybridized carbons (Fsp3) is 0.172. The molecular weight excluding hydrogens is 757 g/mol. The van der Waals surface area contributed by atoms with Crippen LogP contribution in [0.15, 0.2) is 179 Å². The van der Waals surface area contributed by atoms with Crippen molar-refractivity contribution in [3.05, 3.63) is 181 Å². The van der Waals surface area contributed by atoms with Crippen LogP contribution < -0.4 is 0 Å². The molecular formula is C58H42N2O2. The second-order valence-corrected chi connectivity index (χ2v) is 19.2. The van der Waals surface area contributed by atoms with Crippen molar-refractivity contribution < 1.29 is 8.83 Å². The molecule has 0 atom stereocenters. The van der Waals surface area contributed by atoms with Crippen molar-refractivity contribution in [3.8, 4) is 11.4 Å². The van der Waals surface area contributed by atoms with Crippen LogP contribution in [0.2, 0.25) is 0 Å². The van der Waals surface area contributed by atoms with E-state index in [-0.39, 0.29) is 10.8 Å². The molecule has 62 heavy (non-hydrogen) atoms. The SMILES string of the molecule is c1ccc2c(c1)oc1ccc(-n3c4ccccc4c4cc(C56CC7CC(C5)CC(c5ccc8c(c5)c5ccccc5n8-c5ccc8oc9ccccc9c8c5)(C7)C6)ccc43)cc12. The number of hydrogen-bond acceptors (Lipinski definition) is 2. The van der Waals surface area contributed by atoms with E-state index in [0.29, 0.717) is 0 Å². The first-order valence-electron chi connectivity index (χ1n) is 22.5. The number of hydrogen-bond donors (Lipinski definition) is 0. The summed E-state index contributed by atoms with van der Waals surface area (Å²) in [5, 5.41) is 10.00. The van der Waals surface area contributed by atoms with E-state index in [2.05, 4.69) is 167 Å². The predicted molar refractivity (Wildman–Crippen MR) is 254 cm³/mol. The maximum Gasteiger partial charge on any atom is 0.135 e. The Morgan fingerprint density at radius 2 is 0.758 bits per heavy atom. The summed E-state index contributed by atoms with van der Waals surface area (Å²) in [4.78, 5) is 0. The number of nitrogens with zero attached hydrogens (tertiary/aromatic N) is 2. The van der Waals surface area contributed by atoms with Gasteiger partial charge < -0.3 is 18.0 Å². The van der Waals surface area contributed by atoms with Gasteiger partial charge >= 0.3 is 0 Å². The largest absolute Gasteiger partial charge is 0.456 e. The molecule has 4 aliphatic rings. The number of benzene rings is 8. The predicted octanol–water partition coefficient (Wildman–Crippen LogP) is 15.5. The summed E-state index contributed by atoms with van der Waals surface area (Å²) in [6.07, 6.45) is 7.79. The smallest absolute Gasteiger partial charge is 0.135 e. The molecule has 4 saturated carbocycles. The van der Waals surface area contributed by atoms with Crippen molar-refractivity contribution in [1.82, 2.24) is 9.13 Å². The van der Waals surface area contributed by atoms with E-state index in [4.69, 9.17) is 8.83 Å². The Kier molecular flexibility index (Phi) is 6.44. The topological polar surface area (TPSA) is 36.1 Å². The summed E-state index contributed by atoms with van der Waals surface area (Å²) in [5.74, 6) is 1.50. The molecule has 4 fully saturated rings. The second kappa shape index (κ2) is 11.9. The lowest BCUT2D eigenvalue weighted by Gasteiger charge is -2.63. The molecule has 0 amide bonds. The van der Waals surface area contributed by atoms with Crippen molar-refractivity contribution in [2.45, 2.75) is 49.4 Å². The van der Waals surface area contributed by atoms with Crippen molar-refractivity contribution in [2.75, 3.05) is 0 Å². The van der Waals surface area contributed by atoms with Gasteiger partial charge in [-0.1, -0.05) is 84.9 Å². The molecule has 0 saturated heterocycles. The Balaban J connectivity index is 0.858. The summed E-state index contributed by atoms with van der Waals surface area (Å²) < 4.78 is 17.4. The normalized spacial score (nSPS) is 22.3. The Bertz CT molecular complexity index is 3610. The highest BCUT2D eigenvalue weighted by molar-refractivity contribution is 6.12. The van der Waals surface area contributed by atoms with Crippen LogP contribution in [0.5, 0.6) is 0 Å². The molecule has 0 aliphatic heterocycles. The summed E-state index contributed by atoms with van der Waals surface area (Å²) >= 11 is 0. The Labute approximate surface area is 357 Å². The molecule has 4 heterocycles. The molecule has 16 rings (SSSR count). The van der Waals surface area contributed by atoms with Gasteiger partial charge in [-0.2, -0.15) is 0 Å². The van der Waals surface area contributed by atoms with Gasteiger partial charge in [-0.3, -0.25) is 0 Å². The molecule has 12 aromatic rings. The number of para-hydroxylation sites is 4. The minimum absolute atomic E-state index is 0.168. The third-order valence-corrected chi connectivity index (χ3v) is 15.9. The highest BCUT2D eigenvalue weighted by atomic mass is 16.3. The number of rotatable bonds is 4. The van der Waals surface area contributed by atoms with E-state index < -0.39 is 0 Å².